The summed E-state index contributed by atoms with van der Waals surface area (Å²) in [4.78, 5) is 24.4. The van der Waals surface area contributed by atoms with E-state index in [-0.39, 0.29) is 34.9 Å². The topological polar surface area (TPSA) is 94.8 Å². The third kappa shape index (κ3) is 2.28. The first kappa shape index (κ1) is 19.0. The summed E-state index contributed by atoms with van der Waals surface area (Å²) in [6.45, 7) is 5.48. The SMILES string of the molecule is C[C@H]1C[C@@H]2C([C@@H](O)C[C@@]3(C)[C@H]2CC[C@]3(O)C(=O)CO)[C@@]2(C)C=CC(=O)C=C12. The Kier molecular flexibility index (Phi) is 4.12. The largest absolute Gasteiger partial charge is 0.393 e. The Hall–Kier alpha value is -1.30. The minimum absolute atomic E-state index is 0.00620. The maximum absolute atomic E-state index is 12.4. The van der Waals surface area contributed by atoms with Crippen LogP contribution in [0.3, 0.4) is 0 Å². The van der Waals surface area contributed by atoms with Crippen LogP contribution in [0.2, 0.25) is 0 Å². The normalized spacial score (nSPS) is 51.3. The molecule has 0 aromatic carbocycles. The third-order valence-electron chi connectivity index (χ3n) is 8.57. The smallest absolute Gasteiger partial charge is 0.190 e. The van der Waals surface area contributed by atoms with Crippen LogP contribution in [0.15, 0.2) is 23.8 Å². The Labute approximate surface area is 160 Å². The fraction of sp³-hybridized carbons (Fsp3) is 0.727. The van der Waals surface area contributed by atoms with Crippen molar-refractivity contribution in [1.82, 2.24) is 0 Å². The van der Waals surface area contributed by atoms with Crippen LogP contribution < -0.4 is 0 Å². The molecule has 4 rings (SSSR count). The molecule has 4 aliphatic rings. The van der Waals surface area contributed by atoms with Crippen molar-refractivity contribution in [1.29, 1.82) is 0 Å². The second-order valence-electron chi connectivity index (χ2n) is 9.72. The fourth-order valence-corrected chi connectivity index (χ4v) is 7.34. The number of carbonyl (C=O) groups is 2. The van der Waals surface area contributed by atoms with E-state index in [1.165, 1.54) is 0 Å². The Balaban J connectivity index is 1.78. The van der Waals surface area contributed by atoms with Gasteiger partial charge in [0, 0.05) is 16.7 Å². The van der Waals surface area contributed by atoms with Gasteiger partial charge in [0.2, 0.25) is 0 Å². The molecular weight excluding hydrogens is 344 g/mol. The zero-order chi connectivity index (χ0) is 19.8. The molecule has 27 heavy (non-hydrogen) atoms. The highest BCUT2D eigenvalue weighted by molar-refractivity contribution is 6.01. The second kappa shape index (κ2) is 5.85. The lowest BCUT2D eigenvalue weighted by Crippen LogP contribution is -2.62. The highest BCUT2D eigenvalue weighted by atomic mass is 16.3. The second-order valence-corrected chi connectivity index (χ2v) is 9.72. The van der Waals surface area contributed by atoms with Gasteiger partial charge in [-0.3, -0.25) is 9.59 Å². The molecule has 0 aromatic rings. The van der Waals surface area contributed by atoms with E-state index in [2.05, 4.69) is 13.8 Å². The number of allylic oxidation sites excluding steroid dienone is 4. The van der Waals surface area contributed by atoms with Gasteiger partial charge in [-0.25, -0.2) is 0 Å². The number of hydrogen-bond donors (Lipinski definition) is 3. The number of ketones is 2. The van der Waals surface area contributed by atoms with E-state index in [1.54, 1.807) is 12.2 Å². The van der Waals surface area contributed by atoms with E-state index >= 15 is 0 Å². The Morgan fingerprint density at radius 1 is 1.33 bits per heavy atom. The number of carbonyl (C=O) groups excluding carboxylic acids is 2. The molecule has 0 saturated heterocycles. The number of hydrogen-bond acceptors (Lipinski definition) is 5. The maximum atomic E-state index is 12.4. The quantitative estimate of drug-likeness (QED) is 0.685. The summed E-state index contributed by atoms with van der Waals surface area (Å²) >= 11 is 0. The van der Waals surface area contributed by atoms with Gasteiger partial charge in [0.1, 0.15) is 12.2 Å². The summed E-state index contributed by atoms with van der Waals surface area (Å²) in [5, 5.41) is 31.9. The average Bonchev–Trinajstić information content (AvgIpc) is 2.87. The van der Waals surface area contributed by atoms with Crippen LogP contribution in [-0.4, -0.2) is 45.2 Å². The van der Waals surface area contributed by atoms with Gasteiger partial charge in [-0.05, 0) is 55.6 Å². The van der Waals surface area contributed by atoms with E-state index in [0.717, 1.165) is 18.4 Å². The highest BCUT2D eigenvalue weighted by Gasteiger charge is 2.68. The molecule has 5 heteroatoms. The van der Waals surface area contributed by atoms with Crippen LogP contribution in [0, 0.1) is 34.5 Å². The summed E-state index contributed by atoms with van der Waals surface area (Å²) in [6, 6.07) is 0. The molecule has 0 amide bonds. The van der Waals surface area contributed by atoms with Crippen molar-refractivity contribution in [3.63, 3.8) is 0 Å². The van der Waals surface area contributed by atoms with Crippen LogP contribution >= 0.6 is 0 Å². The van der Waals surface area contributed by atoms with Crippen LogP contribution in [0.5, 0.6) is 0 Å². The summed E-state index contributed by atoms with van der Waals surface area (Å²) in [7, 11) is 0. The molecule has 8 atom stereocenters. The van der Waals surface area contributed by atoms with Gasteiger partial charge in [0.15, 0.2) is 11.6 Å². The number of aliphatic hydroxyl groups excluding tert-OH is 2. The summed E-state index contributed by atoms with van der Waals surface area (Å²) in [5.74, 6) is -0.0768. The molecule has 3 fully saturated rings. The third-order valence-corrected chi connectivity index (χ3v) is 8.57. The molecule has 0 aromatic heterocycles. The summed E-state index contributed by atoms with van der Waals surface area (Å²) < 4.78 is 0. The zero-order valence-corrected chi connectivity index (χ0v) is 16.3. The lowest BCUT2D eigenvalue weighted by Gasteiger charge is -2.60. The molecule has 0 bridgehead atoms. The van der Waals surface area contributed by atoms with E-state index < -0.39 is 29.5 Å². The van der Waals surface area contributed by atoms with Gasteiger partial charge >= 0.3 is 0 Å². The van der Waals surface area contributed by atoms with Gasteiger partial charge in [0.25, 0.3) is 0 Å². The highest BCUT2D eigenvalue weighted by Crippen LogP contribution is 2.67. The predicted molar refractivity (Wildman–Crippen MR) is 99.6 cm³/mol. The van der Waals surface area contributed by atoms with Crippen molar-refractivity contribution in [2.45, 2.75) is 58.2 Å². The number of Topliss-reactive ketones (excluding diaryl/α,β-unsaturated/α-hetero) is 1. The van der Waals surface area contributed by atoms with Gasteiger partial charge < -0.3 is 15.3 Å². The van der Waals surface area contributed by atoms with Crippen molar-refractivity contribution >= 4 is 11.6 Å². The molecule has 148 valence electrons. The Bertz CT molecular complexity index is 754. The van der Waals surface area contributed by atoms with Gasteiger partial charge in [-0.2, -0.15) is 0 Å². The van der Waals surface area contributed by atoms with Crippen molar-refractivity contribution in [3.05, 3.63) is 23.8 Å². The van der Waals surface area contributed by atoms with E-state index in [1.807, 2.05) is 13.0 Å². The molecular formula is C22H30O5. The molecule has 5 nitrogen and oxygen atoms in total. The maximum Gasteiger partial charge on any atom is 0.190 e. The molecule has 0 heterocycles. The average molecular weight is 374 g/mol. The lowest BCUT2D eigenvalue weighted by atomic mass is 9.45. The summed E-state index contributed by atoms with van der Waals surface area (Å²) in [6.07, 6.45) is 6.87. The monoisotopic (exact) mass is 374 g/mol. The first-order chi connectivity index (χ1) is 12.6. The van der Waals surface area contributed by atoms with E-state index in [4.69, 9.17) is 0 Å². The first-order valence-corrected chi connectivity index (χ1v) is 10.1. The molecule has 0 spiro atoms. The molecule has 4 aliphatic carbocycles. The standard InChI is InChI=1S/C22H30O5/c1-12-8-14-15-5-7-22(27,18(26)11-23)21(15,3)10-17(25)19(14)20(2)6-4-13(24)9-16(12)20/h4,6,9,12,14-15,17,19,23,25,27H,5,7-8,10-11H2,1-3H3/t12-,14-,15-,17-,19?,20-,21-,22-/m0/s1. The predicted octanol–water partition coefficient (Wildman–Crippen LogP) is 1.80. The van der Waals surface area contributed by atoms with E-state index in [9.17, 15) is 24.9 Å². The van der Waals surface area contributed by atoms with E-state index in [0.29, 0.717) is 12.8 Å². The van der Waals surface area contributed by atoms with Crippen molar-refractivity contribution < 1.29 is 24.9 Å². The Morgan fingerprint density at radius 3 is 2.70 bits per heavy atom. The van der Waals surface area contributed by atoms with Crippen LogP contribution in [0.25, 0.3) is 0 Å². The van der Waals surface area contributed by atoms with Gasteiger partial charge in [-0.15, -0.1) is 0 Å². The number of rotatable bonds is 2. The zero-order valence-electron chi connectivity index (χ0n) is 16.3. The van der Waals surface area contributed by atoms with Gasteiger partial charge in [-0.1, -0.05) is 32.4 Å². The van der Waals surface area contributed by atoms with Gasteiger partial charge in [0.05, 0.1) is 6.10 Å². The van der Waals surface area contributed by atoms with Crippen molar-refractivity contribution in [3.8, 4) is 0 Å². The summed E-state index contributed by atoms with van der Waals surface area (Å²) in [5.41, 5.74) is -1.59. The molecule has 3 N–H and O–H groups in total. The minimum atomic E-state index is -1.57. The molecule has 3 saturated carbocycles. The van der Waals surface area contributed by atoms with Crippen molar-refractivity contribution in [2.75, 3.05) is 6.61 Å². The number of aliphatic hydroxyl groups is 3. The first-order valence-electron chi connectivity index (χ1n) is 10.1. The minimum Gasteiger partial charge on any atom is -0.393 e. The number of fused-ring (bicyclic) bond motifs is 5. The van der Waals surface area contributed by atoms with Crippen LogP contribution in [-0.2, 0) is 9.59 Å². The fourth-order valence-electron chi connectivity index (χ4n) is 7.34. The Morgan fingerprint density at radius 2 is 2.04 bits per heavy atom. The van der Waals surface area contributed by atoms with Crippen molar-refractivity contribution in [2.24, 2.45) is 34.5 Å². The lowest BCUT2D eigenvalue weighted by molar-refractivity contribution is -0.180. The molecule has 0 aliphatic heterocycles. The van der Waals surface area contributed by atoms with Crippen LogP contribution in [0.1, 0.15) is 46.5 Å². The molecule has 0 radical (unpaired) electrons. The van der Waals surface area contributed by atoms with Crippen LogP contribution in [0.4, 0.5) is 0 Å². The molecule has 1 unspecified atom stereocenters.